The molecule has 0 saturated heterocycles. The van der Waals surface area contributed by atoms with E-state index in [-0.39, 0.29) is 5.91 Å². The topological polar surface area (TPSA) is 38.3 Å². The van der Waals surface area contributed by atoms with E-state index in [9.17, 15) is 4.79 Å². The minimum atomic E-state index is 0.00768. The van der Waals surface area contributed by atoms with E-state index >= 15 is 0 Å². The molecule has 3 heteroatoms. The summed E-state index contributed by atoms with van der Waals surface area (Å²) < 4.78 is 5.38. The number of methoxy groups -OCH3 is 1. The van der Waals surface area contributed by atoms with E-state index in [0.717, 1.165) is 23.1 Å². The molecule has 0 heterocycles. The van der Waals surface area contributed by atoms with Gasteiger partial charge in [-0.1, -0.05) is 42.5 Å². The number of carbonyl (C=O) groups is 1. The van der Waals surface area contributed by atoms with E-state index in [0.29, 0.717) is 6.54 Å². The lowest BCUT2D eigenvalue weighted by atomic mass is 10.0. The molecule has 0 aliphatic rings. The Morgan fingerprint density at radius 2 is 1.95 bits per heavy atom. The van der Waals surface area contributed by atoms with Crippen molar-refractivity contribution in [2.24, 2.45) is 0 Å². The van der Waals surface area contributed by atoms with E-state index in [2.05, 4.69) is 35.7 Å². The normalized spacial score (nSPS) is 10.9. The van der Waals surface area contributed by atoms with Crippen LogP contribution in [0.2, 0.25) is 0 Å². The molecule has 104 valence electrons. The summed E-state index contributed by atoms with van der Waals surface area (Å²) in [5.74, 6) is 0.893. The van der Waals surface area contributed by atoms with Crippen molar-refractivity contribution in [3.8, 4) is 5.75 Å². The Bertz CT molecular complexity index is 632. The van der Waals surface area contributed by atoms with Crippen LogP contribution in [0.15, 0.2) is 42.5 Å². The van der Waals surface area contributed by atoms with Gasteiger partial charge in [0.15, 0.2) is 0 Å². The molecule has 0 radical (unpaired) electrons. The second kappa shape index (κ2) is 6.75. The summed E-state index contributed by atoms with van der Waals surface area (Å²) in [5, 5.41) is 5.06. The third-order valence-corrected chi connectivity index (χ3v) is 3.12. The molecule has 2 aromatic carbocycles. The average Bonchev–Trinajstić information content (AvgIpc) is 2.46. The van der Waals surface area contributed by atoms with Gasteiger partial charge in [0, 0.05) is 18.9 Å². The Kier molecular flexibility index (Phi) is 4.77. The molecule has 0 saturated carbocycles. The van der Waals surface area contributed by atoms with Gasteiger partial charge in [0.2, 0.25) is 5.91 Å². The first-order valence-electron chi connectivity index (χ1n) is 6.69. The van der Waals surface area contributed by atoms with Crippen LogP contribution in [-0.4, -0.2) is 19.6 Å². The summed E-state index contributed by atoms with van der Waals surface area (Å²) >= 11 is 0. The number of rotatable bonds is 5. The molecule has 2 rings (SSSR count). The summed E-state index contributed by atoms with van der Waals surface area (Å²) in [6.07, 6.45) is 4.98. The van der Waals surface area contributed by atoms with Crippen molar-refractivity contribution in [2.75, 3.05) is 13.7 Å². The van der Waals surface area contributed by atoms with Gasteiger partial charge in [-0.15, -0.1) is 0 Å². The lowest BCUT2D eigenvalue weighted by molar-refractivity contribution is -0.118. The zero-order chi connectivity index (χ0) is 14.4. The van der Waals surface area contributed by atoms with Crippen LogP contribution in [0, 0.1) is 0 Å². The van der Waals surface area contributed by atoms with Crippen molar-refractivity contribution in [1.82, 2.24) is 5.32 Å². The lowest BCUT2D eigenvalue weighted by Gasteiger charge is -2.07. The minimum Gasteiger partial charge on any atom is -0.496 e. The van der Waals surface area contributed by atoms with Crippen molar-refractivity contribution in [3.05, 3.63) is 48.0 Å². The Balaban J connectivity index is 2.18. The molecule has 1 N–H and O–H groups in total. The third-order valence-electron chi connectivity index (χ3n) is 3.12. The summed E-state index contributed by atoms with van der Waals surface area (Å²) in [6, 6.07) is 12.2. The zero-order valence-electron chi connectivity index (χ0n) is 11.8. The number of nitrogens with one attached hydrogen (secondary N) is 1. The maximum absolute atomic E-state index is 10.8. The van der Waals surface area contributed by atoms with Gasteiger partial charge in [-0.3, -0.25) is 4.79 Å². The first-order valence-corrected chi connectivity index (χ1v) is 6.69. The Labute approximate surface area is 119 Å². The van der Waals surface area contributed by atoms with Gasteiger partial charge in [-0.25, -0.2) is 0 Å². The highest BCUT2D eigenvalue weighted by Gasteiger charge is 2.03. The first-order chi connectivity index (χ1) is 9.72. The van der Waals surface area contributed by atoms with Gasteiger partial charge in [0.1, 0.15) is 5.75 Å². The van der Waals surface area contributed by atoms with Crippen LogP contribution in [0.4, 0.5) is 0 Å². The predicted octanol–water partition coefficient (Wildman–Crippen LogP) is 3.39. The van der Waals surface area contributed by atoms with Crippen molar-refractivity contribution < 1.29 is 9.53 Å². The van der Waals surface area contributed by atoms with Crippen LogP contribution < -0.4 is 10.1 Å². The van der Waals surface area contributed by atoms with E-state index in [1.807, 2.05) is 18.2 Å². The lowest BCUT2D eigenvalue weighted by Crippen LogP contribution is -2.20. The molecule has 2 aromatic rings. The number of ether oxygens (including phenoxy) is 1. The van der Waals surface area contributed by atoms with Gasteiger partial charge < -0.3 is 10.1 Å². The van der Waals surface area contributed by atoms with Gasteiger partial charge in [-0.2, -0.15) is 0 Å². The highest BCUT2D eigenvalue weighted by Crippen LogP contribution is 2.28. The highest BCUT2D eigenvalue weighted by atomic mass is 16.5. The molecule has 0 aliphatic heterocycles. The van der Waals surface area contributed by atoms with Crippen LogP contribution >= 0.6 is 0 Å². The summed E-state index contributed by atoms with van der Waals surface area (Å²) in [6.45, 7) is 2.20. The monoisotopic (exact) mass is 269 g/mol. The van der Waals surface area contributed by atoms with Gasteiger partial charge >= 0.3 is 0 Å². The van der Waals surface area contributed by atoms with E-state index in [1.54, 1.807) is 7.11 Å². The summed E-state index contributed by atoms with van der Waals surface area (Å²) in [4.78, 5) is 10.8. The molecule has 0 aliphatic carbocycles. The standard InChI is InChI=1S/C17H19NO2/c1-13(19)18-12-6-5-7-14-10-11-17(20-2)16-9-4-3-8-15(14)16/h3-5,7-11H,6,12H2,1-2H3,(H,18,19). The second-order valence-electron chi connectivity index (χ2n) is 4.58. The quantitative estimate of drug-likeness (QED) is 0.845. The molecular formula is C17H19NO2. The SMILES string of the molecule is COc1ccc(C=CCCNC(C)=O)c2ccccc12. The fourth-order valence-corrected chi connectivity index (χ4v) is 2.16. The molecule has 0 atom stereocenters. The number of amides is 1. The number of fused-ring (bicyclic) bond motifs is 1. The number of hydrogen-bond donors (Lipinski definition) is 1. The molecule has 0 aromatic heterocycles. The minimum absolute atomic E-state index is 0.00768. The largest absolute Gasteiger partial charge is 0.496 e. The highest BCUT2D eigenvalue weighted by molar-refractivity contribution is 5.94. The molecule has 0 spiro atoms. The van der Waals surface area contributed by atoms with Gasteiger partial charge in [0.05, 0.1) is 7.11 Å². The number of carbonyl (C=O) groups excluding carboxylic acids is 1. The van der Waals surface area contributed by atoms with Gasteiger partial charge in [-0.05, 0) is 23.4 Å². The average molecular weight is 269 g/mol. The maximum Gasteiger partial charge on any atom is 0.216 e. The molecule has 3 nitrogen and oxygen atoms in total. The van der Waals surface area contributed by atoms with Crippen LogP contribution in [0.25, 0.3) is 16.8 Å². The molecule has 0 bridgehead atoms. The van der Waals surface area contributed by atoms with E-state index in [4.69, 9.17) is 4.74 Å². The van der Waals surface area contributed by atoms with Crippen LogP contribution in [-0.2, 0) is 4.79 Å². The van der Waals surface area contributed by atoms with Crippen LogP contribution in [0.5, 0.6) is 5.75 Å². The Morgan fingerprint density at radius 3 is 2.65 bits per heavy atom. The predicted molar refractivity (Wildman–Crippen MR) is 82.8 cm³/mol. The summed E-state index contributed by atoms with van der Waals surface area (Å²) in [7, 11) is 1.69. The number of hydrogen-bond acceptors (Lipinski definition) is 2. The van der Waals surface area contributed by atoms with Crippen molar-refractivity contribution >= 4 is 22.8 Å². The molecule has 20 heavy (non-hydrogen) atoms. The summed E-state index contributed by atoms with van der Waals surface area (Å²) in [5.41, 5.74) is 1.16. The van der Waals surface area contributed by atoms with Crippen molar-refractivity contribution in [3.63, 3.8) is 0 Å². The van der Waals surface area contributed by atoms with E-state index in [1.165, 1.54) is 12.3 Å². The fourth-order valence-electron chi connectivity index (χ4n) is 2.16. The second-order valence-corrected chi connectivity index (χ2v) is 4.58. The fraction of sp³-hybridized carbons (Fsp3) is 0.235. The van der Waals surface area contributed by atoms with Crippen molar-refractivity contribution in [2.45, 2.75) is 13.3 Å². The molecular weight excluding hydrogens is 250 g/mol. The van der Waals surface area contributed by atoms with Crippen molar-refractivity contribution in [1.29, 1.82) is 0 Å². The molecule has 1 amide bonds. The zero-order valence-corrected chi connectivity index (χ0v) is 11.8. The first kappa shape index (κ1) is 14.1. The Hall–Kier alpha value is -2.29. The Morgan fingerprint density at radius 1 is 1.20 bits per heavy atom. The molecule has 0 unspecified atom stereocenters. The smallest absolute Gasteiger partial charge is 0.216 e. The van der Waals surface area contributed by atoms with E-state index < -0.39 is 0 Å². The van der Waals surface area contributed by atoms with Crippen LogP contribution in [0.3, 0.4) is 0 Å². The molecule has 0 fully saturated rings. The maximum atomic E-state index is 10.8. The van der Waals surface area contributed by atoms with Gasteiger partial charge in [0.25, 0.3) is 0 Å². The third kappa shape index (κ3) is 3.38. The number of benzene rings is 2. The van der Waals surface area contributed by atoms with Crippen LogP contribution in [0.1, 0.15) is 18.9 Å².